The molecular formula is C14H19NO4S. The Kier molecular flexibility index (Phi) is 4.04. The molecule has 0 unspecified atom stereocenters. The molecular weight excluding hydrogens is 278 g/mol. The molecule has 0 saturated heterocycles. The summed E-state index contributed by atoms with van der Waals surface area (Å²) in [6.45, 7) is 5.40. The Bertz CT molecular complexity index is 542. The van der Waals surface area contributed by atoms with Gasteiger partial charge in [-0.25, -0.2) is 9.59 Å². The number of carbonyl (C=O) groups is 2. The summed E-state index contributed by atoms with van der Waals surface area (Å²) in [5.74, 6) is -0.444. The minimum absolute atomic E-state index is 0.388. The van der Waals surface area contributed by atoms with E-state index in [9.17, 15) is 9.59 Å². The van der Waals surface area contributed by atoms with Crippen LogP contribution in [0.3, 0.4) is 0 Å². The first kappa shape index (κ1) is 14.8. The highest BCUT2D eigenvalue weighted by molar-refractivity contribution is 7.17. The molecule has 2 rings (SSSR count). The molecule has 1 aromatic heterocycles. The van der Waals surface area contributed by atoms with Crippen LogP contribution in [0.5, 0.6) is 0 Å². The molecule has 0 radical (unpaired) electrons. The van der Waals surface area contributed by atoms with Crippen LogP contribution in [0.25, 0.3) is 0 Å². The van der Waals surface area contributed by atoms with Crippen molar-refractivity contribution in [1.29, 1.82) is 0 Å². The molecule has 0 saturated carbocycles. The van der Waals surface area contributed by atoms with Crippen molar-refractivity contribution in [1.82, 2.24) is 0 Å². The largest absolute Gasteiger partial charge is 0.465 e. The summed E-state index contributed by atoms with van der Waals surface area (Å²) in [6, 6.07) is 0. The number of anilines is 1. The Morgan fingerprint density at radius 3 is 2.50 bits per heavy atom. The summed E-state index contributed by atoms with van der Waals surface area (Å²) < 4.78 is 5.41. The van der Waals surface area contributed by atoms with Crippen LogP contribution >= 0.6 is 11.3 Å². The average molecular weight is 297 g/mol. The molecule has 0 bridgehead atoms. The standard InChI is InChI=1S/C14H19NO4S/c1-14(2,3)19-12(16)10-8-6-4-5-7-9(8)20-11(10)15-13(17)18/h15H,4-7H2,1-3H3,(H,17,18). The predicted octanol–water partition coefficient (Wildman–Crippen LogP) is 3.67. The molecule has 20 heavy (non-hydrogen) atoms. The van der Waals surface area contributed by atoms with Gasteiger partial charge in [0.15, 0.2) is 0 Å². The van der Waals surface area contributed by atoms with Gasteiger partial charge in [-0.3, -0.25) is 5.32 Å². The molecule has 110 valence electrons. The van der Waals surface area contributed by atoms with Crippen molar-refractivity contribution in [2.75, 3.05) is 5.32 Å². The van der Waals surface area contributed by atoms with Crippen molar-refractivity contribution < 1.29 is 19.4 Å². The van der Waals surface area contributed by atoms with Crippen LogP contribution in [0.2, 0.25) is 0 Å². The zero-order chi connectivity index (χ0) is 14.9. The van der Waals surface area contributed by atoms with Crippen LogP contribution in [0.4, 0.5) is 9.80 Å². The number of thiophene rings is 1. The summed E-state index contributed by atoms with van der Waals surface area (Å²) in [6.07, 6.45) is 2.65. The SMILES string of the molecule is CC(C)(C)OC(=O)c1c(NC(=O)O)sc2c1CCCC2. The second-order valence-corrected chi connectivity index (χ2v) is 6.95. The molecule has 1 heterocycles. The van der Waals surface area contributed by atoms with E-state index in [4.69, 9.17) is 9.84 Å². The highest BCUT2D eigenvalue weighted by Gasteiger charge is 2.29. The monoisotopic (exact) mass is 297 g/mol. The summed E-state index contributed by atoms with van der Waals surface area (Å²) in [5, 5.41) is 11.6. The van der Waals surface area contributed by atoms with Gasteiger partial charge in [0.25, 0.3) is 0 Å². The van der Waals surface area contributed by atoms with Crippen LogP contribution in [0.1, 0.15) is 54.4 Å². The lowest BCUT2D eigenvalue weighted by molar-refractivity contribution is 0.00699. The number of aryl methyl sites for hydroxylation is 1. The van der Waals surface area contributed by atoms with E-state index in [1.807, 2.05) is 0 Å². The fraction of sp³-hybridized carbons (Fsp3) is 0.571. The summed E-state index contributed by atoms with van der Waals surface area (Å²) in [5.41, 5.74) is 0.766. The number of amides is 1. The number of hydrogen-bond acceptors (Lipinski definition) is 4. The normalized spacial score (nSPS) is 14.6. The van der Waals surface area contributed by atoms with Crippen molar-refractivity contribution in [2.45, 2.75) is 52.1 Å². The van der Waals surface area contributed by atoms with E-state index in [0.29, 0.717) is 10.6 Å². The van der Waals surface area contributed by atoms with Crippen molar-refractivity contribution >= 4 is 28.4 Å². The maximum atomic E-state index is 12.3. The lowest BCUT2D eigenvalue weighted by Gasteiger charge is -2.20. The third-order valence-electron chi connectivity index (χ3n) is 2.99. The van der Waals surface area contributed by atoms with E-state index in [1.165, 1.54) is 11.3 Å². The number of ether oxygens (including phenoxy) is 1. The Morgan fingerprint density at radius 1 is 1.25 bits per heavy atom. The van der Waals surface area contributed by atoms with E-state index in [0.717, 1.165) is 36.1 Å². The van der Waals surface area contributed by atoms with Gasteiger partial charge < -0.3 is 9.84 Å². The molecule has 1 amide bonds. The van der Waals surface area contributed by atoms with E-state index in [2.05, 4.69) is 5.32 Å². The molecule has 1 aliphatic carbocycles. The Hall–Kier alpha value is -1.56. The first-order chi connectivity index (χ1) is 9.28. The Morgan fingerprint density at radius 2 is 1.90 bits per heavy atom. The summed E-state index contributed by atoms with van der Waals surface area (Å²) in [7, 11) is 0. The van der Waals surface area contributed by atoms with E-state index in [-0.39, 0.29) is 0 Å². The number of fused-ring (bicyclic) bond motifs is 1. The van der Waals surface area contributed by atoms with E-state index < -0.39 is 17.7 Å². The topological polar surface area (TPSA) is 75.6 Å². The minimum atomic E-state index is -1.16. The van der Waals surface area contributed by atoms with Gasteiger partial charge in [-0.2, -0.15) is 0 Å². The number of rotatable bonds is 2. The van der Waals surface area contributed by atoms with Crippen LogP contribution in [0.15, 0.2) is 0 Å². The fourth-order valence-corrected chi connectivity index (χ4v) is 3.56. The molecule has 2 N–H and O–H groups in total. The van der Waals surface area contributed by atoms with Gasteiger partial charge in [-0.1, -0.05) is 0 Å². The molecule has 0 aromatic carbocycles. The van der Waals surface area contributed by atoms with Crippen molar-refractivity contribution in [2.24, 2.45) is 0 Å². The molecule has 1 aromatic rings. The highest BCUT2D eigenvalue weighted by Crippen LogP contribution is 2.39. The smallest absolute Gasteiger partial charge is 0.409 e. The second kappa shape index (κ2) is 5.44. The average Bonchev–Trinajstić information content (AvgIpc) is 2.63. The highest BCUT2D eigenvalue weighted by atomic mass is 32.1. The van der Waals surface area contributed by atoms with Crippen molar-refractivity contribution in [3.63, 3.8) is 0 Å². The molecule has 1 aliphatic rings. The number of carboxylic acid groups (broad SMARTS) is 1. The van der Waals surface area contributed by atoms with Crippen LogP contribution in [0, 0.1) is 0 Å². The second-order valence-electron chi connectivity index (χ2n) is 5.85. The van der Waals surface area contributed by atoms with Gasteiger partial charge >= 0.3 is 12.1 Å². The van der Waals surface area contributed by atoms with E-state index >= 15 is 0 Å². The summed E-state index contributed by atoms with van der Waals surface area (Å²) >= 11 is 1.35. The minimum Gasteiger partial charge on any atom is -0.465 e. The fourth-order valence-electron chi connectivity index (χ4n) is 2.30. The molecule has 0 aliphatic heterocycles. The third kappa shape index (κ3) is 3.30. The van der Waals surface area contributed by atoms with Gasteiger partial charge in [-0.15, -0.1) is 11.3 Å². The lowest BCUT2D eigenvalue weighted by Crippen LogP contribution is -2.25. The zero-order valence-electron chi connectivity index (χ0n) is 11.9. The van der Waals surface area contributed by atoms with Gasteiger partial charge in [0.2, 0.25) is 0 Å². The molecule has 0 fully saturated rings. The molecule has 0 spiro atoms. The summed E-state index contributed by atoms with van der Waals surface area (Å²) in [4.78, 5) is 24.3. The van der Waals surface area contributed by atoms with Gasteiger partial charge in [0.05, 0.1) is 5.56 Å². The number of nitrogens with one attached hydrogen (secondary N) is 1. The number of carbonyl (C=O) groups excluding carboxylic acids is 1. The third-order valence-corrected chi connectivity index (χ3v) is 4.20. The molecule has 6 heteroatoms. The van der Waals surface area contributed by atoms with E-state index in [1.54, 1.807) is 20.8 Å². The quantitative estimate of drug-likeness (QED) is 0.817. The first-order valence-electron chi connectivity index (χ1n) is 6.66. The maximum absolute atomic E-state index is 12.3. The van der Waals surface area contributed by atoms with Crippen LogP contribution < -0.4 is 5.32 Å². The lowest BCUT2D eigenvalue weighted by atomic mass is 9.95. The molecule has 5 nitrogen and oxygen atoms in total. The Balaban J connectivity index is 2.40. The maximum Gasteiger partial charge on any atom is 0.409 e. The first-order valence-corrected chi connectivity index (χ1v) is 7.47. The Labute approximate surface area is 121 Å². The van der Waals surface area contributed by atoms with Gasteiger partial charge in [-0.05, 0) is 52.0 Å². The number of esters is 1. The van der Waals surface area contributed by atoms with Crippen molar-refractivity contribution in [3.8, 4) is 0 Å². The van der Waals surface area contributed by atoms with Crippen LogP contribution in [-0.4, -0.2) is 22.8 Å². The number of hydrogen-bond donors (Lipinski definition) is 2. The zero-order valence-corrected chi connectivity index (χ0v) is 12.7. The molecule has 0 atom stereocenters. The van der Waals surface area contributed by atoms with Crippen molar-refractivity contribution in [3.05, 3.63) is 16.0 Å². The predicted molar refractivity (Wildman–Crippen MR) is 77.8 cm³/mol. The van der Waals surface area contributed by atoms with Crippen LogP contribution in [-0.2, 0) is 17.6 Å². The van der Waals surface area contributed by atoms with Gasteiger partial charge in [0.1, 0.15) is 10.6 Å². The van der Waals surface area contributed by atoms with Gasteiger partial charge in [0, 0.05) is 4.88 Å².